The molecule has 0 aromatic heterocycles. The summed E-state index contributed by atoms with van der Waals surface area (Å²) in [4.78, 5) is 65.1. The highest BCUT2D eigenvalue weighted by molar-refractivity contribution is 5.87. The fraction of sp³-hybridized carbons (Fsp3) is 0.667. The topological polar surface area (TPSA) is 150 Å². The van der Waals surface area contributed by atoms with E-state index in [-0.39, 0.29) is 25.9 Å². The number of alkyl carbamates (subject to hydrolysis) is 1. The fourth-order valence-electron chi connectivity index (χ4n) is 3.94. The number of urea groups is 1. The summed E-state index contributed by atoms with van der Waals surface area (Å²) in [5, 5.41) is 5.35. The minimum Gasteiger partial charge on any atom is -0.460 e. The molecule has 3 amide bonds. The first-order valence-corrected chi connectivity index (χ1v) is 15.3. The molecule has 0 aliphatic heterocycles. The second-order valence-electron chi connectivity index (χ2n) is 13.8. The number of amides is 3. The van der Waals surface area contributed by atoms with Gasteiger partial charge in [0.05, 0.1) is 0 Å². The van der Waals surface area contributed by atoms with Crippen LogP contribution in [0.5, 0.6) is 0 Å². The molecule has 0 bridgehead atoms. The first-order chi connectivity index (χ1) is 20.7. The molecule has 254 valence electrons. The van der Waals surface area contributed by atoms with E-state index in [1.165, 1.54) is 7.05 Å². The van der Waals surface area contributed by atoms with E-state index in [4.69, 9.17) is 18.9 Å². The lowest BCUT2D eigenvalue weighted by Gasteiger charge is -2.31. The standard InChI is InChI=1S/C33H53N3O9/c1-31(2,3)43-26(37)20-19-25(28(39)45-33(7,8)9)36(10)29(40)35-24(27(38)44-32(4,5)6)18-14-15-21-34-30(41)42-22-23-16-12-11-13-17-23/h11-13,16-17,24-25H,14-15,18-22H2,1-10H3,(H,34,41)(H,35,40)/t24-,25-/m0/s1. The average Bonchev–Trinajstić information content (AvgIpc) is 2.88. The van der Waals surface area contributed by atoms with Crippen molar-refractivity contribution in [2.24, 2.45) is 0 Å². The van der Waals surface area contributed by atoms with Crippen LogP contribution in [0.15, 0.2) is 30.3 Å². The molecule has 0 aliphatic rings. The number of nitrogens with one attached hydrogen (secondary N) is 2. The Labute approximate surface area is 267 Å². The van der Waals surface area contributed by atoms with Crippen LogP contribution in [0, 0.1) is 0 Å². The van der Waals surface area contributed by atoms with E-state index >= 15 is 0 Å². The van der Waals surface area contributed by atoms with Gasteiger partial charge in [0.2, 0.25) is 0 Å². The summed E-state index contributed by atoms with van der Waals surface area (Å²) in [6.45, 7) is 15.9. The maximum Gasteiger partial charge on any atom is 0.407 e. The normalized spacial score (nSPS) is 13.1. The van der Waals surface area contributed by atoms with Crippen molar-refractivity contribution >= 4 is 30.0 Å². The number of unbranched alkanes of at least 4 members (excludes halogenated alkanes) is 1. The molecule has 0 saturated heterocycles. The molecule has 12 nitrogen and oxygen atoms in total. The Bertz CT molecular complexity index is 1120. The number of hydrogen-bond donors (Lipinski definition) is 2. The van der Waals surface area contributed by atoms with E-state index in [1.54, 1.807) is 62.3 Å². The third-order valence-corrected chi connectivity index (χ3v) is 5.90. The van der Waals surface area contributed by atoms with E-state index in [9.17, 15) is 24.0 Å². The molecule has 0 fully saturated rings. The Morgan fingerprint density at radius 2 is 1.31 bits per heavy atom. The van der Waals surface area contributed by atoms with Gasteiger partial charge in [-0.3, -0.25) is 4.79 Å². The Balaban J connectivity index is 2.86. The Morgan fingerprint density at radius 1 is 0.756 bits per heavy atom. The highest BCUT2D eigenvalue weighted by atomic mass is 16.6. The van der Waals surface area contributed by atoms with Gasteiger partial charge in [0, 0.05) is 20.0 Å². The largest absolute Gasteiger partial charge is 0.460 e. The fourth-order valence-corrected chi connectivity index (χ4v) is 3.94. The molecule has 45 heavy (non-hydrogen) atoms. The van der Waals surface area contributed by atoms with Crippen molar-refractivity contribution in [1.82, 2.24) is 15.5 Å². The second kappa shape index (κ2) is 17.6. The number of rotatable bonds is 14. The summed E-state index contributed by atoms with van der Waals surface area (Å²) in [5.74, 6) is -1.85. The van der Waals surface area contributed by atoms with E-state index in [2.05, 4.69) is 10.6 Å². The number of esters is 3. The van der Waals surface area contributed by atoms with Crippen LogP contribution >= 0.6 is 0 Å². The van der Waals surface area contributed by atoms with Gasteiger partial charge in [0.15, 0.2) is 0 Å². The van der Waals surface area contributed by atoms with Gasteiger partial charge in [-0.25, -0.2) is 19.2 Å². The first-order valence-electron chi connectivity index (χ1n) is 15.3. The van der Waals surface area contributed by atoms with E-state index in [0.29, 0.717) is 19.4 Å². The smallest absolute Gasteiger partial charge is 0.407 e. The average molecular weight is 636 g/mol. The van der Waals surface area contributed by atoms with Gasteiger partial charge in [-0.15, -0.1) is 0 Å². The van der Waals surface area contributed by atoms with Crippen LogP contribution < -0.4 is 10.6 Å². The number of carbonyl (C=O) groups excluding carboxylic acids is 5. The molecule has 0 aliphatic carbocycles. The van der Waals surface area contributed by atoms with Crippen LogP contribution in [0.4, 0.5) is 9.59 Å². The number of ether oxygens (including phenoxy) is 4. The third kappa shape index (κ3) is 17.9. The highest BCUT2D eigenvalue weighted by Gasteiger charge is 2.34. The summed E-state index contributed by atoms with van der Waals surface area (Å²) in [6, 6.07) is 6.43. The van der Waals surface area contributed by atoms with Crippen molar-refractivity contribution in [2.45, 2.75) is 130 Å². The van der Waals surface area contributed by atoms with Gasteiger partial charge in [0.25, 0.3) is 0 Å². The SMILES string of the molecule is CN(C(=O)N[C@@H](CCCCNC(=O)OCc1ccccc1)C(=O)OC(C)(C)C)[C@@H](CCC(=O)OC(C)(C)C)C(=O)OC(C)(C)C. The van der Waals surface area contributed by atoms with E-state index in [1.807, 2.05) is 30.3 Å². The zero-order valence-electron chi connectivity index (χ0n) is 28.6. The molecule has 0 unspecified atom stereocenters. The van der Waals surface area contributed by atoms with Crippen molar-refractivity contribution in [1.29, 1.82) is 0 Å². The Kier molecular flexibility index (Phi) is 15.3. The molecule has 1 rings (SSSR count). The van der Waals surface area contributed by atoms with Crippen molar-refractivity contribution in [3.63, 3.8) is 0 Å². The van der Waals surface area contributed by atoms with Crippen LogP contribution in [0.1, 0.15) is 100.0 Å². The number of nitrogens with zero attached hydrogens (tertiary/aromatic N) is 1. The van der Waals surface area contributed by atoms with Crippen LogP contribution in [-0.4, -0.2) is 77.4 Å². The number of benzene rings is 1. The van der Waals surface area contributed by atoms with Crippen molar-refractivity contribution in [3.05, 3.63) is 35.9 Å². The minimum absolute atomic E-state index is 0.0447. The molecule has 0 saturated carbocycles. The molecular formula is C33H53N3O9. The molecule has 0 radical (unpaired) electrons. The number of carbonyl (C=O) groups is 5. The van der Waals surface area contributed by atoms with Gasteiger partial charge in [-0.2, -0.15) is 0 Å². The van der Waals surface area contributed by atoms with Crippen molar-refractivity contribution < 1.29 is 42.9 Å². The van der Waals surface area contributed by atoms with Gasteiger partial charge in [-0.1, -0.05) is 30.3 Å². The molecule has 1 aromatic rings. The third-order valence-electron chi connectivity index (χ3n) is 5.90. The van der Waals surface area contributed by atoms with Crippen LogP contribution in [-0.2, 0) is 39.9 Å². The Hall–Kier alpha value is -3.83. The summed E-state index contributed by atoms with van der Waals surface area (Å²) < 4.78 is 21.6. The number of hydrogen-bond acceptors (Lipinski definition) is 9. The van der Waals surface area contributed by atoms with Crippen molar-refractivity contribution in [3.8, 4) is 0 Å². The summed E-state index contributed by atoms with van der Waals surface area (Å²) >= 11 is 0. The van der Waals surface area contributed by atoms with Gasteiger partial charge >= 0.3 is 30.0 Å². The van der Waals surface area contributed by atoms with Gasteiger partial charge in [0.1, 0.15) is 35.5 Å². The zero-order valence-corrected chi connectivity index (χ0v) is 28.6. The van der Waals surface area contributed by atoms with Gasteiger partial charge < -0.3 is 34.5 Å². The highest BCUT2D eigenvalue weighted by Crippen LogP contribution is 2.18. The molecule has 2 N–H and O–H groups in total. The van der Waals surface area contributed by atoms with Crippen LogP contribution in [0.2, 0.25) is 0 Å². The summed E-state index contributed by atoms with van der Waals surface area (Å²) in [6.07, 6.45) is 0.441. The van der Waals surface area contributed by atoms with E-state index < -0.39 is 58.9 Å². The minimum atomic E-state index is -1.12. The molecule has 0 heterocycles. The monoisotopic (exact) mass is 635 g/mol. The van der Waals surface area contributed by atoms with Gasteiger partial charge in [-0.05, 0) is 93.6 Å². The Morgan fingerprint density at radius 3 is 1.87 bits per heavy atom. The van der Waals surface area contributed by atoms with Crippen LogP contribution in [0.3, 0.4) is 0 Å². The number of likely N-dealkylation sites (N-methyl/N-ethyl adjacent to an activating group) is 1. The molecular weight excluding hydrogens is 582 g/mol. The lowest BCUT2D eigenvalue weighted by atomic mass is 10.1. The lowest BCUT2D eigenvalue weighted by Crippen LogP contribution is -2.53. The maximum atomic E-state index is 13.4. The van der Waals surface area contributed by atoms with Crippen molar-refractivity contribution in [2.75, 3.05) is 13.6 Å². The quantitative estimate of drug-likeness (QED) is 0.158. The molecule has 12 heteroatoms. The van der Waals surface area contributed by atoms with E-state index in [0.717, 1.165) is 10.5 Å². The predicted molar refractivity (Wildman–Crippen MR) is 169 cm³/mol. The first kappa shape index (κ1) is 39.2. The second-order valence-corrected chi connectivity index (χ2v) is 13.8. The van der Waals surface area contributed by atoms with Crippen LogP contribution in [0.25, 0.3) is 0 Å². The summed E-state index contributed by atoms with van der Waals surface area (Å²) in [7, 11) is 1.40. The molecule has 1 aromatic carbocycles. The lowest BCUT2D eigenvalue weighted by molar-refractivity contribution is -0.161. The maximum absolute atomic E-state index is 13.4. The predicted octanol–water partition coefficient (Wildman–Crippen LogP) is 5.27. The summed E-state index contributed by atoms with van der Waals surface area (Å²) in [5.41, 5.74) is -1.48. The molecule has 2 atom stereocenters. The molecule has 0 spiro atoms. The zero-order chi connectivity index (χ0) is 34.4.